The molecule has 1 unspecified atom stereocenters. The van der Waals surface area contributed by atoms with Gasteiger partial charge in [-0.2, -0.15) is 0 Å². The lowest BCUT2D eigenvalue weighted by molar-refractivity contribution is 0.0421. The summed E-state index contributed by atoms with van der Waals surface area (Å²) in [4.78, 5) is 0. The van der Waals surface area contributed by atoms with Crippen LogP contribution < -0.4 is 5.73 Å². The van der Waals surface area contributed by atoms with E-state index in [1.54, 1.807) is 6.92 Å². The molecule has 0 aliphatic carbocycles. The van der Waals surface area contributed by atoms with Crippen molar-refractivity contribution in [2.45, 2.75) is 39.8 Å². The van der Waals surface area contributed by atoms with Gasteiger partial charge in [-0.1, -0.05) is 20.8 Å². The summed E-state index contributed by atoms with van der Waals surface area (Å²) < 4.78 is 13.5. The molecule has 0 aromatic heterocycles. The highest BCUT2D eigenvalue weighted by atomic mass is 19.1. The molecule has 0 aromatic rings. The molecule has 0 bridgehead atoms. The van der Waals surface area contributed by atoms with E-state index >= 15 is 0 Å². The lowest BCUT2D eigenvalue weighted by atomic mass is 9.77. The molecule has 0 heterocycles. The maximum atomic E-state index is 13.5. The number of nitrogens with two attached hydrogens (primary N) is 1. The van der Waals surface area contributed by atoms with Gasteiger partial charge >= 0.3 is 0 Å². The van der Waals surface area contributed by atoms with Gasteiger partial charge in [-0.15, -0.1) is 0 Å². The Balaban J connectivity index is 4.10. The highest BCUT2D eigenvalue weighted by Crippen LogP contribution is 2.35. The summed E-state index contributed by atoms with van der Waals surface area (Å²) in [7, 11) is 0. The van der Waals surface area contributed by atoms with E-state index in [4.69, 9.17) is 5.73 Å². The molecule has 0 saturated carbocycles. The smallest absolute Gasteiger partial charge is 0.114 e. The Labute approximate surface area is 62.8 Å². The molecule has 0 aliphatic rings. The molecule has 0 amide bonds. The molecule has 62 valence electrons. The average Bonchev–Trinajstić information content (AvgIpc) is 1.61. The molecule has 0 rings (SSSR count). The maximum absolute atomic E-state index is 13.5. The van der Waals surface area contributed by atoms with Crippen molar-refractivity contribution in [3.05, 3.63) is 0 Å². The fourth-order valence-corrected chi connectivity index (χ4v) is 0.646. The van der Waals surface area contributed by atoms with Gasteiger partial charge in [-0.3, -0.25) is 0 Å². The van der Waals surface area contributed by atoms with Crippen molar-refractivity contribution in [3.8, 4) is 0 Å². The van der Waals surface area contributed by atoms with Crippen LogP contribution in [0, 0.1) is 5.41 Å². The first-order valence-electron chi connectivity index (χ1n) is 3.70. The van der Waals surface area contributed by atoms with Gasteiger partial charge in [0.15, 0.2) is 0 Å². The third-order valence-corrected chi connectivity index (χ3v) is 2.18. The lowest BCUT2D eigenvalue weighted by Crippen LogP contribution is -2.37. The van der Waals surface area contributed by atoms with Gasteiger partial charge in [-0.05, 0) is 25.3 Å². The van der Waals surface area contributed by atoms with Crippen molar-refractivity contribution in [1.29, 1.82) is 0 Å². The summed E-state index contributed by atoms with van der Waals surface area (Å²) in [6.07, 6.45) is 0.441. The van der Waals surface area contributed by atoms with Crippen molar-refractivity contribution in [2.24, 2.45) is 11.1 Å². The minimum Gasteiger partial charge on any atom is -0.330 e. The van der Waals surface area contributed by atoms with E-state index in [2.05, 4.69) is 0 Å². The van der Waals surface area contributed by atoms with Crippen LogP contribution in [0.2, 0.25) is 0 Å². The van der Waals surface area contributed by atoms with Crippen LogP contribution in [-0.4, -0.2) is 12.2 Å². The van der Waals surface area contributed by atoms with E-state index in [1.165, 1.54) is 0 Å². The zero-order chi connectivity index (χ0) is 8.41. The molecular weight excluding hydrogens is 129 g/mol. The second-order valence-electron chi connectivity index (χ2n) is 3.99. The Morgan fingerprint density at radius 3 is 1.70 bits per heavy atom. The monoisotopic (exact) mass is 147 g/mol. The standard InChI is InChI=1S/C8H18FN/c1-7(2,3)8(4,9)5-6-10/h5-6,10H2,1-4H3. The topological polar surface area (TPSA) is 26.0 Å². The molecule has 2 N–H and O–H groups in total. The largest absolute Gasteiger partial charge is 0.330 e. The van der Waals surface area contributed by atoms with Crippen molar-refractivity contribution >= 4 is 0 Å². The third-order valence-electron chi connectivity index (χ3n) is 2.18. The number of hydrogen-bond acceptors (Lipinski definition) is 1. The van der Waals surface area contributed by atoms with Gasteiger partial charge in [0, 0.05) is 0 Å². The summed E-state index contributed by atoms with van der Waals surface area (Å²) in [5.74, 6) is 0. The molecule has 1 nitrogen and oxygen atoms in total. The van der Waals surface area contributed by atoms with Crippen LogP contribution in [0.25, 0.3) is 0 Å². The van der Waals surface area contributed by atoms with E-state index in [0.717, 1.165) is 0 Å². The molecule has 0 aromatic carbocycles. The Bertz CT molecular complexity index is 102. The summed E-state index contributed by atoms with van der Waals surface area (Å²) in [6.45, 7) is 7.71. The number of alkyl halides is 1. The van der Waals surface area contributed by atoms with Crippen molar-refractivity contribution in [3.63, 3.8) is 0 Å². The molecule has 2 heteroatoms. The normalized spacial score (nSPS) is 18.6. The first kappa shape index (κ1) is 9.89. The van der Waals surface area contributed by atoms with Gasteiger partial charge < -0.3 is 5.73 Å². The fraction of sp³-hybridized carbons (Fsp3) is 1.00. The van der Waals surface area contributed by atoms with Crippen LogP contribution in [0.5, 0.6) is 0 Å². The van der Waals surface area contributed by atoms with Crippen LogP contribution in [0.15, 0.2) is 0 Å². The molecule has 0 saturated heterocycles. The van der Waals surface area contributed by atoms with Gasteiger partial charge in [0.05, 0.1) is 0 Å². The average molecular weight is 147 g/mol. The van der Waals surface area contributed by atoms with Crippen molar-refractivity contribution < 1.29 is 4.39 Å². The van der Waals surface area contributed by atoms with Gasteiger partial charge in [-0.25, -0.2) is 4.39 Å². The number of hydrogen-bond donors (Lipinski definition) is 1. The van der Waals surface area contributed by atoms with Crippen LogP contribution in [0.1, 0.15) is 34.1 Å². The first-order chi connectivity index (χ1) is 4.31. The summed E-state index contributed by atoms with van der Waals surface area (Å²) in [6, 6.07) is 0. The molecular formula is C8H18FN. The fourth-order valence-electron chi connectivity index (χ4n) is 0.646. The molecule has 0 spiro atoms. The molecule has 1 atom stereocenters. The molecule has 0 fully saturated rings. The van der Waals surface area contributed by atoms with E-state index in [-0.39, 0.29) is 5.41 Å². The van der Waals surface area contributed by atoms with Crippen LogP contribution >= 0.6 is 0 Å². The zero-order valence-electron chi connectivity index (χ0n) is 7.37. The van der Waals surface area contributed by atoms with E-state index in [9.17, 15) is 4.39 Å². The van der Waals surface area contributed by atoms with Gasteiger partial charge in [0.1, 0.15) is 5.67 Å². The van der Waals surface area contributed by atoms with Crippen LogP contribution in [0.3, 0.4) is 0 Å². The molecule has 0 aliphatic heterocycles. The quantitative estimate of drug-likeness (QED) is 0.636. The summed E-state index contributed by atoms with van der Waals surface area (Å²) >= 11 is 0. The second-order valence-corrected chi connectivity index (χ2v) is 3.99. The number of halogens is 1. The SMILES string of the molecule is CC(C)(C)C(C)(F)CCN. The second kappa shape index (κ2) is 2.87. The maximum Gasteiger partial charge on any atom is 0.114 e. The first-order valence-corrected chi connectivity index (χ1v) is 3.70. The van der Waals surface area contributed by atoms with E-state index < -0.39 is 5.67 Å². The number of rotatable bonds is 2. The zero-order valence-corrected chi connectivity index (χ0v) is 7.37. The summed E-state index contributed by atoms with van der Waals surface area (Å²) in [5.41, 5.74) is 3.83. The Morgan fingerprint density at radius 2 is 1.60 bits per heavy atom. The lowest BCUT2D eigenvalue weighted by Gasteiger charge is -2.34. The highest BCUT2D eigenvalue weighted by molar-refractivity contribution is 4.86. The predicted octanol–water partition coefficient (Wildman–Crippen LogP) is 2.11. The van der Waals surface area contributed by atoms with E-state index in [1.807, 2.05) is 20.8 Å². The van der Waals surface area contributed by atoms with E-state index in [0.29, 0.717) is 13.0 Å². The van der Waals surface area contributed by atoms with Gasteiger partial charge in [0.25, 0.3) is 0 Å². The minimum absolute atomic E-state index is 0.299. The third kappa shape index (κ3) is 2.25. The molecule has 0 radical (unpaired) electrons. The predicted molar refractivity (Wildman–Crippen MR) is 42.6 cm³/mol. The van der Waals surface area contributed by atoms with Crippen molar-refractivity contribution in [1.82, 2.24) is 0 Å². The van der Waals surface area contributed by atoms with Gasteiger partial charge in [0.2, 0.25) is 0 Å². The van der Waals surface area contributed by atoms with Crippen molar-refractivity contribution in [2.75, 3.05) is 6.54 Å². The summed E-state index contributed by atoms with van der Waals surface area (Å²) in [5, 5.41) is 0. The highest BCUT2D eigenvalue weighted by Gasteiger charge is 2.36. The Morgan fingerprint density at radius 1 is 1.20 bits per heavy atom. The van der Waals surface area contributed by atoms with Crippen LogP contribution in [0.4, 0.5) is 4.39 Å². The Kier molecular flexibility index (Phi) is 2.84. The van der Waals surface area contributed by atoms with Crippen LogP contribution in [-0.2, 0) is 0 Å². The molecule has 10 heavy (non-hydrogen) atoms. The minimum atomic E-state index is -1.14. The Hall–Kier alpha value is -0.110.